The summed E-state index contributed by atoms with van der Waals surface area (Å²) in [4.78, 5) is 15.9. The van der Waals surface area contributed by atoms with Gasteiger partial charge < -0.3 is 14.9 Å². The van der Waals surface area contributed by atoms with Crippen LogP contribution in [0.25, 0.3) is 0 Å². The van der Waals surface area contributed by atoms with Crippen LogP contribution in [0.5, 0.6) is 0 Å². The van der Waals surface area contributed by atoms with Gasteiger partial charge in [0.15, 0.2) is 0 Å². The summed E-state index contributed by atoms with van der Waals surface area (Å²) in [5.41, 5.74) is 0.881. The van der Waals surface area contributed by atoms with Gasteiger partial charge in [-0.15, -0.1) is 0 Å². The average molecular weight is 278 g/mol. The van der Waals surface area contributed by atoms with Crippen LogP contribution < -0.4 is 0 Å². The van der Waals surface area contributed by atoms with Gasteiger partial charge in [-0.1, -0.05) is 37.3 Å². The smallest absolute Gasteiger partial charge is 0.312 e. The maximum Gasteiger partial charge on any atom is 0.312 e. The van der Waals surface area contributed by atoms with Gasteiger partial charge in [0.25, 0.3) is 0 Å². The number of benzene rings is 1. The third kappa shape index (κ3) is 5.72. The van der Waals surface area contributed by atoms with Crippen molar-refractivity contribution in [3.63, 3.8) is 0 Å². The second-order valence-corrected chi connectivity index (χ2v) is 5.41. The molecule has 0 heterocycles. The lowest BCUT2D eigenvalue weighted by molar-refractivity contribution is -0.139. The summed E-state index contributed by atoms with van der Waals surface area (Å²) in [6.45, 7) is 5.48. The lowest BCUT2D eigenvalue weighted by atomic mass is 9.98. The molecule has 0 saturated carbocycles. The van der Waals surface area contributed by atoms with Crippen molar-refractivity contribution in [1.29, 1.82) is 0 Å². The van der Waals surface area contributed by atoms with Gasteiger partial charge in [-0.2, -0.15) is 0 Å². The summed E-state index contributed by atoms with van der Waals surface area (Å²) >= 11 is 0. The SMILES string of the molecule is CCCN(CCN(C)C)CC(C(=O)O)c1ccccc1. The number of carboxylic acids is 1. The number of aliphatic carboxylic acids is 1. The predicted octanol–water partition coefficient (Wildman–Crippen LogP) is 2.13. The lowest BCUT2D eigenvalue weighted by Gasteiger charge is -2.26. The summed E-state index contributed by atoms with van der Waals surface area (Å²) in [5, 5.41) is 9.48. The molecule has 1 rings (SSSR count). The molecule has 4 heteroatoms. The number of hydrogen-bond donors (Lipinski definition) is 1. The highest BCUT2D eigenvalue weighted by atomic mass is 16.4. The van der Waals surface area contributed by atoms with E-state index in [1.807, 2.05) is 44.4 Å². The van der Waals surface area contributed by atoms with E-state index in [1.165, 1.54) is 0 Å². The van der Waals surface area contributed by atoms with E-state index in [9.17, 15) is 9.90 Å². The molecule has 0 spiro atoms. The molecule has 0 aliphatic rings. The van der Waals surface area contributed by atoms with Crippen LogP contribution in [0.3, 0.4) is 0 Å². The number of nitrogens with zero attached hydrogens (tertiary/aromatic N) is 2. The van der Waals surface area contributed by atoms with Crippen LogP contribution >= 0.6 is 0 Å². The molecule has 20 heavy (non-hydrogen) atoms. The van der Waals surface area contributed by atoms with Crippen molar-refractivity contribution < 1.29 is 9.90 Å². The third-order valence-electron chi connectivity index (χ3n) is 3.34. The van der Waals surface area contributed by atoms with Crippen LogP contribution in [0.15, 0.2) is 30.3 Å². The Bertz CT molecular complexity index is 393. The summed E-state index contributed by atoms with van der Waals surface area (Å²) in [6.07, 6.45) is 1.04. The molecule has 1 unspecified atom stereocenters. The van der Waals surface area contributed by atoms with E-state index in [2.05, 4.69) is 16.7 Å². The van der Waals surface area contributed by atoms with Crippen molar-refractivity contribution in [3.05, 3.63) is 35.9 Å². The Labute approximate surface area is 122 Å². The number of likely N-dealkylation sites (N-methyl/N-ethyl adjacent to an activating group) is 1. The standard InChI is InChI=1S/C16H26N2O2/c1-4-10-18(12-11-17(2)3)13-15(16(19)20)14-8-6-5-7-9-14/h5-9,15H,4,10-13H2,1-3H3,(H,19,20). The summed E-state index contributed by atoms with van der Waals surface area (Å²) in [6, 6.07) is 9.51. The molecule has 1 aromatic rings. The lowest BCUT2D eigenvalue weighted by Crippen LogP contribution is -2.37. The van der Waals surface area contributed by atoms with E-state index in [0.717, 1.165) is 31.6 Å². The van der Waals surface area contributed by atoms with E-state index >= 15 is 0 Å². The zero-order chi connectivity index (χ0) is 15.0. The van der Waals surface area contributed by atoms with Crippen LogP contribution in [0.1, 0.15) is 24.8 Å². The topological polar surface area (TPSA) is 43.8 Å². The molecular weight excluding hydrogens is 252 g/mol. The molecule has 0 saturated heterocycles. The Hall–Kier alpha value is -1.39. The normalized spacial score (nSPS) is 12.8. The van der Waals surface area contributed by atoms with Crippen molar-refractivity contribution in [3.8, 4) is 0 Å². The minimum atomic E-state index is -0.748. The zero-order valence-corrected chi connectivity index (χ0v) is 12.7. The maximum absolute atomic E-state index is 11.5. The largest absolute Gasteiger partial charge is 0.481 e. The number of rotatable bonds is 9. The Balaban J connectivity index is 2.73. The maximum atomic E-state index is 11.5. The quantitative estimate of drug-likeness (QED) is 0.751. The molecule has 0 bridgehead atoms. The van der Waals surface area contributed by atoms with Crippen LogP contribution in [0.2, 0.25) is 0 Å². The molecule has 112 valence electrons. The van der Waals surface area contributed by atoms with Crippen molar-refractivity contribution >= 4 is 5.97 Å². The van der Waals surface area contributed by atoms with Crippen LogP contribution in [-0.4, -0.2) is 61.2 Å². The minimum Gasteiger partial charge on any atom is -0.481 e. The van der Waals surface area contributed by atoms with Gasteiger partial charge in [0.05, 0.1) is 5.92 Å². The summed E-state index contributed by atoms with van der Waals surface area (Å²) in [7, 11) is 4.08. The van der Waals surface area contributed by atoms with Crippen molar-refractivity contribution in [2.24, 2.45) is 0 Å². The van der Waals surface area contributed by atoms with Gasteiger partial charge in [0, 0.05) is 19.6 Å². The minimum absolute atomic E-state index is 0.454. The fourth-order valence-electron chi connectivity index (χ4n) is 2.22. The van der Waals surface area contributed by atoms with Crippen LogP contribution in [-0.2, 0) is 4.79 Å². The first-order chi connectivity index (χ1) is 9.54. The van der Waals surface area contributed by atoms with Crippen LogP contribution in [0.4, 0.5) is 0 Å². The molecule has 0 aliphatic carbocycles. The molecule has 0 fully saturated rings. The average Bonchev–Trinajstić information content (AvgIpc) is 2.42. The zero-order valence-electron chi connectivity index (χ0n) is 12.7. The van der Waals surface area contributed by atoms with E-state index in [4.69, 9.17) is 0 Å². The molecule has 1 N–H and O–H groups in total. The van der Waals surface area contributed by atoms with Crippen LogP contribution in [0, 0.1) is 0 Å². The molecule has 4 nitrogen and oxygen atoms in total. The second kappa shape index (κ2) is 8.72. The van der Waals surface area contributed by atoms with E-state index in [0.29, 0.717) is 6.54 Å². The second-order valence-electron chi connectivity index (χ2n) is 5.41. The summed E-state index contributed by atoms with van der Waals surface area (Å²) in [5.74, 6) is -1.20. The first-order valence-electron chi connectivity index (χ1n) is 7.19. The Morgan fingerprint density at radius 3 is 2.30 bits per heavy atom. The predicted molar refractivity (Wildman–Crippen MR) is 82.1 cm³/mol. The molecule has 1 aromatic carbocycles. The first-order valence-corrected chi connectivity index (χ1v) is 7.19. The molecule has 0 amide bonds. The third-order valence-corrected chi connectivity index (χ3v) is 3.34. The monoisotopic (exact) mass is 278 g/mol. The Morgan fingerprint density at radius 1 is 1.15 bits per heavy atom. The van der Waals surface area contributed by atoms with E-state index in [-0.39, 0.29) is 0 Å². The van der Waals surface area contributed by atoms with Gasteiger partial charge in [-0.3, -0.25) is 4.79 Å². The fraction of sp³-hybridized carbons (Fsp3) is 0.562. The van der Waals surface area contributed by atoms with Crippen molar-refractivity contribution in [1.82, 2.24) is 9.80 Å². The fourth-order valence-corrected chi connectivity index (χ4v) is 2.22. The summed E-state index contributed by atoms with van der Waals surface area (Å²) < 4.78 is 0. The highest BCUT2D eigenvalue weighted by molar-refractivity contribution is 5.76. The van der Waals surface area contributed by atoms with Gasteiger partial charge in [-0.05, 0) is 32.6 Å². The number of hydrogen-bond acceptors (Lipinski definition) is 3. The number of carbonyl (C=O) groups is 1. The van der Waals surface area contributed by atoms with Crippen molar-refractivity contribution in [2.45, 2.75) is 19.3 Å². The highest BCUT2D eigenvalue weighted by Crippen LogP contribution is 2.17. The van der Waals surface area contributed by atoms with Gasteiger partial charge >= 0.3 is 5.97 Å². The van der Waals surface area contributed by atoms with E-state index < -0.39 is 11.9 Å². The number of carboxylic acid groups (broad SMARTS) is 1. The molecule has 0 radical (unpaired) electrons. The Kier molecular flexibility index (Phi) is 7.26. The van der Waals surface area contributed by atoms with Gasteiger partial charge in [0.1, 0.15) is 0 Å². The van der Waals surface area contributed by atoms with Gasteiger partial charge in [0.2, 0.25) is 0 Å². The first kappa shape index (κ1) is 16.7. The van der Waals surface area contributed by atoms with Crippen molar-refractivity contribution in [2.75, 3.05) is 40.3 Å². The molecule has 0 aromatic heterocycles. The molecule has 1 atom stereocenters. The highest BCUT2D eigenvalue weighted by Gasteiger charge is 2.22. The van der Waals surface area contributed by atoms with E-state index in [1.54, 1.807) is 0 Å². The molecule has 0 aliphatic heterocycles. The Morgan fingerprint density at radius 2 is 1.80 bits per heavy atom. The van der Waals surface area contributed by atoms with Gasteiger partial charge in [-0.25, -0.2) is 0 Å². The molecular formula is C16H26N2O2.